The Labute approximate surface area is 148 Å². The predicted octanol–water partition coefficient (Wildman–Crippen LogP) is 3.88. The molecule has 6 nitrogen and oxygen atoms in total. The van der Waals surface area contributed by atoms with E-state index in [4.69, 9.17) is 0 Å². The van der Waals surface area contributed by atoms with Crippen LogP contribution in [0.15, 0.2) is 52.3 Å². The SMILES string of the molecule is C/C(=N\Nc1cc(-n2nc(C)cc2C)ncn1)c1ccc(Br)cc1. The first-order valence-electron chi connectivity index (χ1n) is 7.45. The highest BCUT2D eigenvalue weighted by Crippen LogP contribution is 2.14. The molecule has 3 aromatic rings. The maximum absolute atomic E-state index is 4.43. The molecule has 122 valence electrons. The van der Waals surface area contributed by atoms with Crippen LogP contribution in [0.2, 0.25) is 0 Å². The molecule has 0 radical (unpaired) electrons. The van der Waals surface area contributed by atoms with Crippen LogP contribution < -0.4 is 5.43 Å². The van der Waals surface area contributed by atoms with E-state index in [0.29, 0.717) is 11.6 Å². The van der Waals surface area contributed by atoms with Crippen molar-refractivity contribution in [2.75, 3.05) is 5.43 Å². The van der Waals surface area contributed by atoms with E-state index in [1.54, 1.807) is 4.68 Å². The Bertz CT molecular complexity index is 882. The number of rotatable bonds is 4. The number of anilines is 1. The van der Waals surface area contributed by atoms with Gasteiger partial charge in [-0.05, 0) is 44.5 Å². The minimum absolute atomic E-state index is 0.615. The van der Waals surface area contributed by atoms with Crippen LogP contribution in [-0.2, 0) is 0 Å². The fourth-order valence-electron chi connectivity index (χ4n) is 2.28. The van der Waals surface area contributed by atoms with Gasteiger partial charge in [0, 0.05) is 16.2 Å². The Morgan fingerprint density at radius 2 is 1.88 bits per heavy atom. The van der Waals surface area contributed by atoms with Crippen LogP contribution in [-0.4, -0.2) is 25.5 Å². The fourth-order valence-corrected chi connectivity index (χ4v) is 2.55. The third kappa shape index (κ3) is 3.68. The molecule has 0 unspecified atom stereocenters. The van der Waals surface area contributed by atoms with Gasteiger partial charge >= 0.3 is 0 Å². The zero-order valence-corrected chi connectivity index (χ0v) is 15.2. The Kier molecular flexibility index (Phi) is 4.71. The van der Waals surface area contributed by atoms with Crippen molar-refractivity contribution in [1.29, 1.82) is 0 Å². The van der Waals surface area contributed by atoms with Gasteiger partial charge in [-0.1, -0.05) is 28.1 Å². The van der Waals surface area contributed by atoms with E-state index in [9.17, 15) is 0 Å². The smallest absolute Gasteiger partial charge is 0.159 e. The van der Waals surface area contributed by atoms with Gasteiger partial charge in [-0.2, -0.15) is 10.2 Å². The van der Waals surface area contributed by atoms with E-state index < -0.39 is 0 Å². The molecule has 0 saturated carbocycles. The summed E-state index contributed by atoms with van der Waals surface area (Å²) in [5.41, 5.74) is 6.86. The summed E-state index contributed by atoms with van der Waals surface area (Å²) in [7, 11) is 0. The molecule has 1 N–H and O–H groups in total. The summed E-state index contributed by atoms with van der Waals surface area (Å²) in [6, 6.07) is 11.8. The van der Waals surface area contributed by atoms with Crippen molar-refractivity contribution in [1.82, 2.24) is 19.7 Å². The number of nitrogens with zero attached hydrogens (tertiary/aromatic N) is 5. The van der Waals surface area contributed by atoms with Crippen LogP contribution in [0.4, 0.5) is 5.82 Å². The van der Waals surface area contributed by atoms with Crippen LogP contribution in [0.25, 0.3) is 5.82 Å². The van der Waals surface area contributed by atoms with E-state index in [0.717, 1.165) is 27.1 Å². The van der Waals surface area contributed by atoms with Crippen LogP contribution in [0.1, 0.15) is 23.9 Å². The first-order chi connectivity index (χ1) is 11.5. The zero-order chi connectivity index (χ0) is 17.1. The summed E-state index contributed by atoms with van der Waals surface area (Å²) in [5, 5.41) is 8.82. The van der Waals surface area contributed by atoms with E-state index in [2.05, 4.69) is 41.5 Å². The lowest BCUT2D eigenvalue weighted by atomic mass is 10.1. The summed E-state index contributed by atoms with van der Waals surface area (Å²) < 4.78 is 2.82. The van der Waals surface area contributed by atoms with Crippen molar-refractivity contribution in [3.8, 4) is 5.82 Å². The molecule has 3 rings (SSSR count). The molecule has 1 aromatic carbocycles. The third-order valence-electron chi connectivity index (χ3n) is 3.48. The highest BCUT2D eigenvalue weighted by molar-refractivity contribution is 9.10. The number of nitrogens with one attached hydrogen (secondary N) is 1. The average molecular weight is 385 g/mol. The summed E-state index contributed by atoms with van der Waals surface area (Å²) in [5.74, 6) is 1.32. The van der Waals surface area contributed by atoms with Gasteiger partial charge in [0.25, 0.3) is 0 Å². The van der Waals surface area contributed by atoms with Crippen molar-refractivity contribution in [3.63, 3.8) is 0 Å². The molecule has 0 bridgehead atoms. The summed E-state index contributed by atoms with van der Waals surface area (Å²) in [6.45, 7) is 5.89. The van der Waals surface area contributed by atoms with Gasteiger partial charge in [0.05, 0.1) is 11.4 Å². The van der Waals surface area contributed by atoms with Gasteiger partial charge in [-0.15, -0.1) is 0 Å². The molecule has 24 heavy (non-hydrogen) atoms. The molecule has 0 fully saturated rings. The molecule has 7 heteroatoms. The summed E-state index contributed by atoms with van der Waals surface area (Å²) in [4.78, 5) is 8.48. The highest BCUT2D eigenvalue weighted by Gasteiger charge is 2.06. The first kappa shape index (κ1) is 16.3. The number of aryl methyl sites for hydroxylation is 2. The number of hydrazone groups is 1. The van der Waals surface area contributed by atoms with Crippen LogP contribution in [0, 0.1) is 13.8 Å². The van der Waals surface area contributed by atoms with Gasteiger partial charge in [0.1, 0.15) is 6.33 Å². The maximum atomic E-state index is 4.43. The standard InChI is InChI=1S/C17H17BrN6/c1-11-8-12(2)24(23-11)17-9-16(19-10-20-17)22-21-13(3)14-4-6-15(18)7-5-14/h4-10H,1-3H3,(H,19,20,22)/b21-13+. The number of halogens is 1. The van der Waals surface area contributed by atoms with E-state index >= 15 is 0 Å². The molecular formula is C17H17BrN6. The fraction of sp³-hybridized carbons (Fsp3) is 0.176. The lowest BCUT2D eigenvalue weighted by Gasteiger charge is -2.06. The van der Waals surface area contributed by atoms with Crippen molar-refractivity contribution < 1.29 is 0 Å². The second-order valence-corrected chi connectivity index (χ2v) is 6.33. The van der Waals surface area contributed by atoms with Crippen LogP contribution in [0.5, 0.6) is 0 Å². The van der Waals surface area contributed by atoms with Crippen LogP contribution >= 0.6 is 15.9 Å². The molecule has 0 saturated heterocycles. The number of hydrogen-bond acceptors (Lipinski definition) is 5. The lowest BCUT2D eigenvalue weighted by molar-refractivity contribution is 0.801. The lowest BCUT2D eigenvalue weighted by Crippen LogP contribution is -2.05. The van der Waals surface area contributed by atoms with Crippen molar-refractivity contribution in [2.45, 2.75) is 20.8 Å². The zero-order valence-electron chi connectivity index (χ0n) is 13.7. The largest absolute Gasteiger partial charge is 0.261 e. The number of benzene rings is 1. The first-order valence-corrected chi connectivity index (χ1v) is 8.24. The Hall–Kier alpha value is -2.54. The second-order valence-electron chi connectivity index (χ2n) is 5.42. The normalized spacial score (nSPS) is 11.6. The topological polar surface area (TPSA) is 68.0 Å². The van der Waals surface area contributed by atoms with Gasteiger partial charge in [0.15, 0.2) is 11.6 Å². The third-order valence-corrected chi connectivity index (χ3v) is 4.01. The molecular weight excluding hydrogens is 368 g/mol. The van der Waals surface area contributed by atoms with Crippen molar-refractivity contribution in [3.05, 3.63) is 64.1 Å². The highest BCUT2D eigenvalue weighted by atomic mass is 79.9. The minimum atomic E-state index is 0.615. The van der Waals surface area contributed by atoms with E-state index in [1.165, 1.54) is 6.33 Å². The summed E-state index contributed by atoms with van der Waals surface area (Å²) >= 11 is 3.43. The van der Waals surface area contributed by atoms with E-state index in [1.807, 2.05) is 57.2 Å². The molecule has 2 aromatic heterocycles. The number of hydrogen-bond donors (Lipinski definition) is 1. The molecule has 0 amide bonds. The van der Waals surface area contributed by atoms with Crippen molar-refractivity contribution in [2.24, 2.45) is 5.10 Å². The Morgan fingerprint density at radius 1 is 1.12 bits per heavy atom. The molecule has 0 aliphatic carbocycles. The van der Waals surface area contributed by atoms with Gasteiger partial charge in [-0.3, -0.25) is 5.43 Å². The van der Waals surface area contributed by atoms with Crippen molar-refractivity contribution >= 4 is 27.5 Å². The van der Waals surface area contributed by atoms with Gasteiger partial charge in [-0.25, -0.2) is 14.6 Å². The Balaban J connectivity index is 1.81. The predicted molar refractivity (Wildman–Crippen MR) is 98.6 cm³/mol. The molecule has 0 atom stereocenters. The summed E-state index contributed by atoms with van der Waals surface area (Å²) in [6.07, 6.45) is 1.50. The number of aromatic nitrogens is 4. The quantitative estimate of drug-likeness (QED) is 0.547. The monoisotopic (exact) mass is 384 g/mol. The average Bonchev–Trinajstić information content (AvgIpc) is 2.92. The van der Waals surface area contributed by atoms with Gasteiger partial charge < -0.3 is 0 Å². The van der Waals surface area contributed by atoms with E-state index in [-0.39, 0.29) is 0 Å². The molecule has 0 spiro atoms. The minimum Gasteiger partial charge on any atom is -0.261 e. The molecule has 0 aliphatic rings. The molecule has 0 aliphatic heterocycles. The second kappa shape index (κ2) is 6.92. The maximum Gasteiger partial charge on any atom is 0.159 e. The van der Waals surface area contributed by atoms with Crippen LogP contribution in [0.3, 0.4) is 0 Å². The van der Waals surface area contributed by atoms with Gasteiger partial charge in [0.2, 0.25) is 0 Å². The molecule has 2 heterocycles. The Morgan fingerprint density at radius 3 is 2.54 bits per heavy atom.